The van der Waals surface area contributed by atoms with Crippen LogP contribution in [0.1, 0.15) is 12.0 Å². The molecule has 8 nitrogen and oxygen atoms in total. The molecule has 1 aliphatic rings. The number of hydrogen-bond acceptors (Lipinski definition) is 5. The largest absolute Gasteiger partial charge is 0.473 e. The van der Waals surface area contributed by atoms with E-state index in [0.29, 0.717) is 0 Å². The van der Waals surface area contributed by atoms with Crippen molar-refractivity contribution in [2.75, 3.05) is 46.4 Å². The molecular weight excluding hydrogens is 370 g/mol. The van der Waals surface area contributed by atoms with Gasteiger partial charge in [0.2, 0.25) is 0 Å². The Morgan fingerprint density at radius 3 is 2.22 bits per heavy atom. The molecule has 1 heterocycles. The van der Waals surface area contributed by atoms with Gasteiger partial charge in [-0.25, -0.2) is 9.59 Å². The molecule has 2 rings (SSSR count). The first-order chi connectivity index (χ1) is 12.9. The highest BCUT2D eigenvalue weighted by Gasteiger charge is 2.18. The number of rotatable bonds is 6. The smallest absolute Gasteiger partial charge is 0.414 e. The van der Waals surface area contributed by atoms with E-state index in [1.165, 1.54) is 5.56 Å². The summed E-state index contributed by atoms with van der Waals surface area (Å²) < 4.78 is 5.04. The van der Waals surface area contributed by atoms with Crippen LogP contribution in [0.5, 0.6) is 0 Å². The van der Waals surface area contributed by atoms with Crippen molar-refractivity contribution in [3.8, 4) is 0 Å². The van der Waals surface area contributed by atoms with E-state index in [9.17, 15) is 0 Å². The molecule has 0 bridgehead atoms. The Labute approximate surface area is 164 Å². The zero-order valence-electron chi connectivity index (χ0n) is 15.5. The molecule has 0 amide bonds. The lowest BCUT2D eigenvalue weighted by atomic mass is 10.2. The van der Waals surface area contributed by atoms with Gasteiger partial charge in [-0.15, -0.1) is 0 Å². The summed E-state index contributed by atoms with van der Waals surface area (Å²) in [4.78, 5) is 23.0. The fourth-order valence-electron chi connectivity index (χ4n) is 2.47. The van der Waals surface area contributed by atoms with Crippen molar-refractivity contribution in [2.24, 2.45) is 0 Å². The topological polar surface area (TPSA) is 102 Å². The molecular formula is C18H27N3O5S. The van der Waals surface area contributed by atoms with Crippen LogP contribution in [0.15, 0.2) is 30.3 Å². The minimum Gasteiger partial charge on any atom is -0.473 e. The van der Waals surface area contributed by atoms with E-state index in [0.717, 1.165) is 57.4 Å². The summed E-state index contributed by atoms with van der Waals surface area (Å²) >= 11 is 5.45. The summed E-state index contributed by atoms with van der Waals surface area (Å²) in [5.41, 5.74) is 1.38. The number of piperazine rings is 1. The summed E-state index contributed by atoms with van der Waals surface area (Å²) in [5.74, 6) is -3.65. The van der Waals surface area contributed by atoms with Crippen molar-refractivity contribution in [1.82, 2.24) is 15.1 Å². The average molecular weight is 397 g/mol. The van der Waals surface area contributed by atoms with Crippen LogP contribution in [-0.2, 0) is 20.9 Å². The lowest BCUT2D eigenvalue weighted by molar-refractivity contribution is -0.159. The number of carboxylic acids is 2. The maximum Gasteiger partial charge on any atom is 0.414 e. The molecule has 9 heteroatoms. The van der Waals surface area contributed by atoms with E-state index in [-0.39, 0.29) is 0 Å². The van der Waals surface area contributed by atoms with E-state index in [1.807, 2.05) is 0 Å². The first-order valence-corrected chi connectivity index (χ1v) is 9.09. The van der Waals surface area contributed by atoms with Crippen LogP contribution in [-0.4, -0.2) is 83.5 Å². The molecule has 1 fully saturated rings. The predicted octanol–water partition coefficient (Wildman–Crippen LogP) is 0.871. The Balaban J connectivity index is 0.000000527. The number of aliphatic carboxylic acids is 2. The van der Waals surface area contributed by atoms with Crippen LogP contribution in [0.2, 0.25) is 0 Å². The van der Waals surface area contributed by atoms with Crippen LogP contribution in [0.3, 0.4) is 0 Å². The van der Waals surface area contributed by atoms with Gasteiger partial charge in [-0.2, -0.15) is 0 Å². The molecule has 27 heavy (non-hydrogen) atoms. The highest BCUT2D eigenvalue weighted by Crippen LogP contribution is 2.08. The number of ether oxygens (including phenoxy) is 1. The SMILES string of the molecule is COCCCNC(=S)N1CCN(Cc2ccccc2)CC1.O=C(O)C(=O)O. The van der Waals surface area contributed by atoms with Gasteiger partial charge in [-0.05, 0) is 24.2 Å². The molecule has 150 valence electrons. The van der Waals surface area contributed by atoms with Crippen LogP contribution >= 0.6 is 12.2 Å². The third-order valence-corrected chi connectivity index (χ3v) is 4.30. The zero-order valence-corrected chi connectivity index (χ0v) is 16.3. The fraction of sp³-hybridized carbons (Fsp3) is 0.500. The number of nitrogens with one attached hydrogen (secondary N) is 1. The number of thiocarbonyl (C=S) groups is 1. The van der Waals surface area contributed by atoms with E-state index >= 15 is 0 Å². The summed E-state index contributed by atoms with van der Waals surface area (Å²) in [6.45, 7) is 6.83. The quantitative estimate of drug-likeness (QED) is 0.367. The van der Waals surface area contributed by atoms with Gasteiger partial charge in [0.1, 0.15) is 0 Å². The molecule has 0 radical (unpaired) electrons. The second-order valence-electron chi connectivity index (χ2n) is 5.94. The molecule has 1 aromatic rings. The lowest BCUT2D eigenvalue weighted by Gasteiger charge is -2.36. The lowest BCUT2D eigenvalue weighted by Crippen LogP contribution is -2.51. The number of carboxylic acid groups (broad SMARTS) is 2. The van der Waals surface area contributed by atoms with Gasteiger partial charge in [-0.3, -0.25) is 4.90 Å². The number of nitrogens with zero attached hydrogens (tertiary/aromatic N) is 2. The van der Waals surface area contributed by atoms with Crippen LogP contribution in [0.4, 0.5) is 0 Å². The van der Waals surface area contributed by atoms with E-state index in [1.54, 1.807) is 7.11 Å². The standard InChI is InChI=1S/C16H25N3OS.C2H2O4/c1-20-13-5-8-17-16(21)19-11-9-18(10-12-19)14-15-6-3-2-4-7-15;3-1(4)2(5)6/h2-4,6-7H,5,8-14H2,1H3,(H,17,21);(H,3,4)(H,5,6). The van der Waals surface area contributed by atoms with E-state index in [4.69, 9.17) is 36.8 Å². The van der Waals surface area contributed by atoms with Gasteiger partial charge in [0.15, 0.2) is 5.11 Å². The number of carbonyl (C=O) groups is 2. The molecule has 1 saturated heterocycles. The molecule has 0 spiro atoms. The Morgan fingerprint density at radius 1 is 1.11 bits per heavy atom. The minimum absolute atomic E-state index is 0.778. The van der Waals surface area contributed by atoms with Crippen molar-refractivity contribution in [3.05, 3.63) is 35.9 Å². The first-order valence-electron chi connectivity index (χ1n) is 8.68. The Hall–Kier alpha value is -2.23. The highest BCUT2D eigenvalue weighted by atomic mass is 32.1. The van der Waals surface area contributed by atoms with Gasteiger partial charge in [0.05, 0.1) is 0 Å². The van der Waals surface area contributed by atoms with Crippen LogP contribution < -0.4 is 5.32 Å². The number of benzene rings is 1. The summed E-state index contributed by atoms with van der Waals surface area (Å²) in [6.07, 6.45) is 0.991. The maximum absolute atomic E-state index is 9.10. The van der Waals surface area contributed by atoms with Crippen LogP contribution in [0.25, 0.3) is 0 Å². The molecule has 0 saturated carbocycles. The molecule has 0 atom stereocenters. The first kappa shape index (κ1) is 22.8. The monoisotopic (exact) mass is 397 g/mol. The van der Waals surface area contributed by atoms with Crippen molar-refractivity contribution in [1.29, 1.82) is 0 Å². The van der Waals surface area contributed by atoms with Crippen LogP contribution in [0, 0.1) is 0 Å². The third-order valence-electron chi connectivity index (χ3n) is 3.89. The van der Waals surface area contributed by atoms with Crippen molar-refractivity contribution in [3.63, 3.8) is 0 Å². The third kappa shape index (κ3) is 9.88. The minimum atomic E-state index is -1.82. The highest BCUT2D eigenvalue weighted by molar-refractivity contribution is 7.80. The van der Waals surface area contributed by atoms with Crippen molar-refractivity contribution < 1.29 is 24.5 Å². The van der Waals surface area contributed by atoms with E-state index < -0.39 is 11.9 Å². The fourth-order valence-corrected chi connectivity index (χ4v) is 2.76. The average Bonchev–Trinajstić information content (AvgIpc) is 2.67. The van der Waals surface area contributed by atoms with Crippen molar-refractivity contribution in [2.45, 2.75) is 13.0 Å². The summed E-state index contributed by atoms with van der Waals surface area (Å²) in [5, 5.41) is 19.0. The number of methoxy groups -OCH3 is 1. The molecule has 0 aromatic heterocycles. The molecule has 1 aromatic carbocycles. The predicted molar refractivity (Wildman–Crippen MR) is 106 cm³/mol. The Kier molecular flexibility index (Phi) is 11.0. The van der Waals surface area contributed by atoms with Gasteiger partial charge in [0, 0.05) is 53.0 Å². The summed E-state index contributed by atoms with van der Waals surface area (Å²) in [7, 11) is 1.73. The maximum atomic E-state index is 9.10. The Bertz CT molecular complexity index is 580. The Morgan fingerprint density at radius 2 is 1.70 bits per heavy atom. The summed E-state index contributed by atoms with van der Waals surface area (Å²) in [6, 6.07) is 10.6. The second kappa shape index (κ2) is 13.0. The van der Waals surface area contributed by atoms with Gasteiger partial charge in [-0.1, -0.05) is 30.3 Å². The molecule has 1 aliphatic heterocycles. The second-order valence-corrected chi connectivity index (χ2v) is 6.32. The van der Waals surface area contributed by atoms with E-state index in [2.05, 4.69) is 45.4 Å². The van der Waals surface area contributed by atoms with Crippen molar-refractivity contribution >= 4 is 29.3 Å². The number of hydrogen-bond donors (Lipinski definition) is 3. The molecule has 0 unspecified atom stereocenters. The van der Waals surface area contributed by atoms with Gasteiger partial charge in [0.25, 0.3) is 0 Å². The van der Waals surface area contributed by atoms with Gasteiger partial charge < -0.3 is 25.2 Å². The molecule has 3 N–H and O–H groups in total. The molecule has 0 aliphatic carbocycles. The normalized spacial score (nSPS) is 14.0. The van der Waals surface area contributed by atoms with Gasteiger partial charge >= 0.3 is 11.9 Å². The zero-order chi connectivity index (χ0) is 20.1.